The van der Waals surface area contributed by atoms with Crippen LogP contribution in [-0.4, -0.2) is 30.4 Å². The van der Waals surface area contributed by atoms with Crippen molar-refractivity contribution < 1.29 is 9.59 Å². The second-order valence-electron chi connectivity index (χ2n) is 4.42. The largest absolute Gasteiger partial charge is 0.370 e. The van der Waals surface area contributed by atoms with Crippen LogP contribution >= 0.6 is 0 Å². The lowest BCUT2D eigenvalue weighted by atomic mass is 10.1. The number of hydrogen-bond acceptors (Lipinski definition) is 4. The Morgan fingerprint density at radius 1 is 1.21 bits per heavy atom. The quantitative estimate of drug-likeness (QED) is 0.257. The molecule has 0 saturated carbocycles. The van der Waals surface area contributed by atoms with Crippen molar-refractivity contribution in [1.29, 1.82) is 0 Å². The maximum absolute atomic E-state index is 11.6. The van der Waals surface area contributed by atoms with Crippen LogP contribution in [0.5, 0.6) is 0 Å². The Morgan fingerprint density at radius 3 is 2.47 bits per heavy atom. The molecule has 110 valence electrons. The number of guanidine groups is 1. The number of hydrogen-bond donors (Lipinski definition) is 4. The lowest BCUT2D eigenvalue weighted by Gasteiger charge is -2.10. The molecule has 0 radical (unpaired) electrons. The van der Waals surface area contributed by atoms with E-state index in [1.807, 2.05) is 0 Å². The highest BCUT2D eigenvalue weighted by Crippen LogP contribution is 1.99. The van der Waals surface area contributed by atoms with Crippen molar-refractivity contribution in [2.45, 2.75) is 51.5 Å². The maximum Gasteiger partial charge on any atom is 0.243 e. The minimum atomic E-state index is -0.704. The van der Waals surface area contributed by atoms with E-state index in [2.05, 4.69) is 17.2 Å². The number of rotatable bonds is 9. The van der Waals surface area contributed by atoms with Crippen molar-refractivity contribution in [1.82, 2.24) is 5.32 Å². The Balaban J connectivity index is 3.80. The van der Waals surface area contributed by atoms with Gasteiger partial charge in [-0.3, -0.25) is 19.9 Å². The average Bonchev–Trinajstić information content (AvgIpc) is 2.34. The van der Waals surface area contributed by atoms with Crippen molar-refractivity contribution in [3.05, 3.63) is 0 Å². The van der Waals surface area contributed by atoms with E-state index in [9.17, 15) is 9.59 Å². The fourth-order valence-corrected chi connectivity index (χ4v) is 1.48. The molecule has 0 aromatic carbocycles. The van der Waals surface area contributed by atoms with E-state index in [1.54, 1.807) is 0 Å². The third-order valence-corrected chi connectivity index (χ3v) is 2.57. The van der Waals surface area contributed by atoms with Crippen LogP contribution in [0.2, 0.25) is 0 Å². The minimum Gasteiger partial charge on any atom is -0.370 e. The van der Waals surface area contributed by atoms with Crippen LogP contribution in [0.15, 0.2) is 4.99 Å². The maximum atomic E-state index is 11.6. The number of carbonyl (C=O) groups excluding carboxylic acids is 2. The Labute approximate surface area is 114 Å². The zero-order valence-electron chi connectivity index (χ0n) is 11.5. The molecule has 1 atom stereocenters. The summed E-state index contributed by atoms with van der Waals surface area (Å²) in [6.07, 6.45) is 4.19. The lowest BCUT2D eigenvalue weighted by molar-refractivity contribution is -0.131. The molecule has 19 heavy (non-hydrogen) atoms. The van der Waals surface area contributed by atoms with Crippen LogP contribution in [-0.2, 0) is 9.59 Å². The molecule has 2 amide bonds. The topological polar surface area (TPSA) is 137 Å². The summed E-state index contributed by atoms with van der Waals surface area (Å²) in [5.41, 5.74) is 16.0. The van der Waals surface area contributed by atoms with E-state index in [4.69, 9.17) is 17.2 Å². The van der Waals surface area contributed by atoms with Crippen molar-refractivity contribution in [3.63, 3.8) is 0 Å². The smallest absolute Gasteiger partial charge is 0.243 e. The standard InChI is InChI=1S/C12H25N5O2/c1-2-3-4-7-10(18)17-11(19)9(13)6-5-8-16-12(14)15/h9H,2-8,13H2,1H3,(H4,14,15,16)(H,17,18,19)/t9-/m0/s1. The minimum absolute atomic E-state index is 0.0177. The molecule has 0 heterocycles. The first-order valence-electron chi connectivity index (χ1n) is 6.62. The van der Waals surface area contributed by atoms with Gasteiger partial charge in [0.15, 0.2) is 5.96 Å². The van der Waals surface area contributed by atoms with E-state index in [0.717, 1.165) is 19.3 Å². The van der Waals surface area contributed by atoms with Gasteiger partial charge in [0, 0.05) is 13.0 Å². The van der Waals surface area contributed by atoms with Gasteiger partial charge in [-0.1, -0.05) is 19.8 Å². The fourth-order valence-electron chi connectivity index (χ4n) is 1.48. The van der Waals surface area contributed by atoms with Crippen molar-refractivity contribution in [2.75, 3.05) is 6.54 Å². The molecule has 7 nitrogen and oxygen atoms in total. The van der Waals surface area contributed by atoms with Crippen LogP contribution in [0.3, 0.4) is 0 Å². The first kappa shape index (κ1) is 17.4. The molecule has 7 heteroatoms. The highest BCUT2D eigenvalue weighted by molar-refractivity contribution is 5.97. The predicted molar refractivity (Wildman–Crippen MR) is 75.2 cm³/mol. The summed E-state index contributed by atoms with van der Waals surface area (Å²) in [6, 6.07) is -0.704. The predicted octanol–water partition coefficient (Wildman–Crippen LogP) is -0.410. The first-order valence-corrected chi connectivity index (χ1v) is 6.62. The first-order chi connectivity index (χ1) is 8.97. The average molecular weight is 271 g/mol. The third kappa shape index (κ3) is 10.0. The lowest BCUT2D eigenvalue weighted by Crippen LogP contribution is -2.43. The fraction of sp³-hybridized carbons (Fsp3) is 0.750. The summed E-state index contributed by atoms with van der Waals surface area (Å²) in [4.78, 5) is 26.8. The van der Waals surface area contributed by atoms with Crippen LogP contribution in [0.25, 0.3) is 0 Å². The van der Waals surface area contributed by atoms with Gasteiger partial charge in [0.1, 0.15) is 0 Å². The summed E-state index contributed by atoms with van der Waals surface area (Å²) < 4.78 is 0. The molecule has 0 aliphatic carbocycles. The van der Waals surface area contributed by atoms with E-state index >= 15 is 0 Å². The molecule has 0 aliphatic rings. The zero-order valence-corrected chi connectivity index (χ0v) is 11.5. The van der Waals surface area contributed by atoms with E-state index in [1.165, 1.54) is 0 Å². The number of nitrogens with two attached hydrogens (primary N) is 3. The summed E-state index contributed by atoms with van der Waals surface area (Å²) in [5.74, 6) is -0.687. The van der Waals surface area contributed by atoms with E-state index in [0.29, 0.717) is 25.8 Å². The van der Waals surface area contributed by atoms with Crippen LogP contribution < -0.4 is 22.5 Å². The molecule has 0 aromatic heterocycles. The van der Waals surface area contributed by atoms with Crippen LogP contribution in [0.4, 0.5) is 0 Å². The molecular formula is C12H25N5O2. The van der Waals surface area contributed by atoms with Gasteiger partial charge in [-0.05, 0) is 19.3 Å². The van der Waals surface area contributed by atoms with Gasteiger partial charge in [-0.15, -0.1) is 0 Å². The van der Waals surface area contributed by atoms with Gasteiger partial charge >= 0.3 is 0 Å². The summed E-state index contributed by atoms with van der Waals surface area (Å²) in [7, 11) is 0. The van der Waals surface area contributed by atoms with Gasteiger partial charge in [-0.2, -0.15) is 0 Å². The SMILES string of the molecule is CCCCCC(=O)NC(=O)[C@@H](N)CCCN=C(N)N. The summed E-state index contributed by atoms with van der Waals surface area (Å²) in [5, 5.41) is 2.30. The Kier molecular flexibility index (Phi) is 9.42. The number of unbranched alkanes of at least 4 members (excludes halogenated alkanes) is 2. The van der Waals surface area contributed by atoms with E-state index in [-0.39, 0.29) is 11.9 Å². The summed E-state index contributed by atoms with van der Waals surface area (Å²) >= 11 is 0. The number of imide groups is 1. The Bertz CT molecular complexity index is 313. The molecule has 0 spiro atoms. The highest BCUT2D eigenvalue weighted by atomic mass is 16.2. The number of amides is 2. The molecule has 7 N–H and O–H groups in total. The number of nitrogens with one attached hydrogen (secondary N) is 1. The van der Waals surface area contributed by atoms with E-state index < -0.39 is 11.9 Å². The molecular weight excluding hydrogens is 246 g/mol. The number of nitrogens with zero attached hydrogens (tertiary/aromatic N) is 1. The molecule has 0 saturated heterocycles. The molecule has 0 aliphatic heterocycles. The molecule has 0 aromatic rings. The van der Waals surface area contributed by atoms with Gasteiger partial charge in [0.2, 0.25) is 11.8 Å². The van der Waals surface area contributed by atoms with Crippen molar-refractivity contribution in [2.24, 2.45) is 22.2 Å². The molecule has 0 rings (SSSR count). The van der Waals surface area contributed by atoms with Crippen LogP contribution in [0, 0.1) is 0 Å². The molecule has 0 fully saturated rings. The van der Waals surface area contributed by atoms with Gasteiger partial charge in [0.05, 0.1) is 6.04 Å². The van der Waals surface area contributed by atoms with Gasteiger partial charge in [-0.25, -0.2) is 0 Å². The monoisotopic (exact) mass is 271 g/mol. The second kappa shape index (κ2) is 10.3. The Hall–Kier alpha value is -1.63. The number of aliphatic imine (C=N–C) groups is 1. The molecule has 0 bridgehead atoms. The van der Waals surface area contributed by atoms with Gasteiger partial charge < -0.3 is 17.2 Å². The third-order valence-electron chi connectivity index (χ3n) is 2.57. The number of carbonyl (C=O) groups is 2. The molecule has 0 unspecified atom stereocenters. The second-order valence-corrected chi connectivity index (χ2v) is 4.42. The summed E-state index contributed by atoms with van der Waals surface area (Å²) in [6.45, 7) is 2.48. The zero-order chi connectivity index (χ0) is 14.7. The normalized spacial score (nSPS) is 11.7. The highest BCUT2D eigenvalue weighted by Gasteiger charge is 2.15. The van der Waals surface area contributed by atoms with Gasteiger partial charge in [0.25, 0.3) is 0 Å². The Morgan fingerprint density at radius 2 is 1.89 bits per heavy atom. The van der Waals surface area contributed by atoms with Crippen LogP contribution in [0.1, 0.15) is 45.4 Å². The van der Waals surface area contributed by atoms with Crippen molar-refractivity contribution in [3.8, 4) is 0 Å². The van der Waals surface area contributed by atoms with Crippen molar-refractivity contribution >= 4 is 17.8 Å².